The van der Waals surface area contributed by atoms with Crippen LogP contribution in [-0.2, 0) is 4.79 Å². The molecule has 2 aromatic rings. The van der Waals surface area contributed by atoms with Crippen molar-refractivity contribution in [3.8, 4) is 22.8 Å². The summed E-state index contributed by atoms with van der Waals surface area (Å²) in [7, 11) is 0. The normalized spacial score (nSPS) is 17.3. The molecule has 4 rings (SSSR count). The van der Waals surface area contributed by atoms with Crippen molar-refractivity contribution in [2.24, 2.45) is 0 Å². The smallest absolute Gasteiger partial charge is 0.267 e. The average Bonchev–Trinajstić information content (AvgIpc) is 3.32. The Labute approximate surface area is 150 Å². The summed E-state index contributed by atoms with van der Waals surface area (Å²) in [4.78, 5) is 24.8. The van der Waals surface area contributed by atoms with Crippen molar-refractivity contribution >= 4 is 5.91 Å². The number of carbonyl (C=O) groups excluding carboxylic acids is 1. The summed E-state index contributed by atoms with van der Waals surface area (Å²) in [5.74, 6) is 1.16. The molecule has 1 aromatic heterocycles. The summed E-state index contributed by atoms with van der Waals surface area (Å²) < 4.78 is 11.9. The number of nitrogens with zero attached hydrogens (tertiary/aromatic N) is 2. The molecule has 2 aliphatic rings. The van der Waals surface area contributed by atoms with E-state index in [1.54, 1.807) is 13.0 Å². The minimum Gasteiger partial charge on any atom is -0.454 e. The van der Waals surface area contributed by atoms with Crippen LogP contribution in [0.5, 0.6) is 11.5 Å². The lowest BCUT2D eigenvalue weighted by Crippen LogP contribution is -2.40. The Kier molecular flexibility index (Phi) is 4.36. The molecule has 1 aliphatic carbocycles. The Balaban J connectivity index is 1.59. The molecule has 0 saturated heterocycles. The fourth-order valence-corrected chi connectivity index (χ4v) is 3.42. The SMILES string of the molecule is C[C@H](C(=O)NC1CCCC1)n1nc(-c2ccc3c(c2)OCO3)ccc1=O. The fourth-order valence-electron chi connectivity index (χ4n) is 3.42. The highest BCUT2D eigenvalue weighted by molar-refractivity contribution is 5.80. The van der Waals surface area contributed by atoms with Gasteiger partial charge in [-0.15, -0.1) is 0 Å². The molecule has 7 nitrogen and oxygen atoms in total. The lowest BCUT2D eigenvalue weighted by atomic mass is 10.1. The number of carbonyl (C=O) groups is 1. The van der Waals surface area contributed by atoms with Crippen molar-refractivity contribution in [3.05, 3.63) is 40.7 Å². The van der Waals surface area contributed by atoms with E-state index >= 15 is 0 Å². The van der Waals surface area contributed by atoms with Gasteiger partial charge in [0.1, 0.15) is 6.04 Å². The third-order valence-electron chi connectivity index (χ3n) is 4.94. The molecule has 0 radical (unpaired) electrons. The van der Waals surface area contributed by atoms with Gasteiger partial charge in [0.2, 0.25) is 12.7 Å². The zero-order chi connectivity index (χ0) is 18.1. The van der Waals surface area contributed by atoms with Crippen LogP contribution in [0.15, 0.2) is 35.1 Å². The fraction of sp³-hybridized carbons (Fsp3) is 0.421. The first-order chi connectivity index (χ1) is 12.6. The molecular formula is C19H21N3O4. The van der Waals surface area contributed by atoms with Crippen molar-refractivity contribution in [2.45, 2.75) is 44.7 Å². The van der Waals surface area contributed by atoms with Gasteiger partial charge in [-0.25, -0.2) is 4.68 Å². The highest BCUT2D eigenvalue weighted by Crippen LogP contribution is 2.35. The molecule has 1 atom stereocenters. The predicted octanol–water partition coefficient (Wildman–Crippen LogP) is 2.26. The lowest BCUT2D eigenvalue weighted by Gasteiger charge is -2.18. The maximum Gasteiger partial charge on any atom is 0.267 e. The van der Waals surface area contributed by atoms with E-state index in [1.165, 1.54) is 10.7 Å². The van der Waals surface area contributed by atoms with Gasteiger partial charge < -0.3 is 14.8 Å². The van der Waals surface area contributed by atoms with Crippen molar-refractivity contribution < 1.29 is 14.3 Å². The van der Waals surface area contributed by atoms with Crippen LogP contribution in [0.2, 0.25) is 0 Å². The molecule has 136 valence electrons. The number of ether oxygens (including phenoxy) is 2. The molecule has 26 heavy (non-hydrogen) atoms. The van der Waals surface area contributed by atoms with Gasteiger partial charge in [-0.2, -0.15) is 5.10 Å². The summed E-state index contributed by atoms with van der Waals surface area (Å²) in [6, 6.07) is 8.11. The van der Waals surface area contributed by atoms with Crippen LogP contribution in [0.25, 0.3) is 11.3 Å². The Morgan fingerprint density at radius 1 is 1.19 bits per heavy atom. The number of aromatic nitrogens is 2. The minimum atomic E-state index is -0.669. The first-order valence-electron chi connectivity index (χ1n) is 8.92. The van der Waals surface area contributed by atoms with Crippen LogP contribution < -0.4 is 20.3 Å². The van der Waals surface area contributed by atoms with Gasteiger partial charge in [-0.3, -0.25) is 9.59 Å². The van der Waals surface area contributed by atoms with Gasteiger partial charge in [0.05, 0.1) is 5.69 Å². The predicted molar refractivity (Wildman–Crippen MR) is 95.2 cm³/mol. The molecule has 1 N–H and O–H groups in total. The monoisotopic (exact) mass is 355 g/mol. The molecule has 0 unspecified atom stereocenters. The summed E-state index contributed by atoms with van der Waals surface area (Å²) >= 11 is 0. The summed E-state index contributed by atoms with van der Waals surface area (Å²) in [6.45, 7) is 1.90. The Bertz CT molecular complexity index is 887. The lowest BCUT2D eigenvalue weighted by molar-refractivity contribution is -0.124. The second-order valence-corrected chi connectivity index (χ2v) is 6.74. The van der Waals surface area contributed by atoms with Gasteiger partial charge in [-0.05, 0) is 44.0 Å². The highest BCUT2D eigenvalue weighted by Gasteiger charge is 2.23. The quantitative estimate of drug-likeness (QED) is 0.910. The van der Waals surface area contributed by atoms with Gasteiger partial charge in [0.25, 0.3) is 5.56 Å². The second kappa shape index (κ2) is 6.82. The molecule has 1 amide bonds. The number of rotatable bonds is 4. The molecule has 0 spiro atoms. The third-order valence-corrected chi connectivity index (χ3v) is 4.94. The standard InChI is InChI=1S/C19H21N3O4/c1-12(19(24)20-14-4-2-3-5-14)22-18(23)9-7-15(21-22)13-6-8-16-17(10-13)26-11-25-16/h6-10,12,14H,2-5,11H2,1H3,(H,20,24)/t12-/m1/s1. The van der Waals surface area contributed by atoms with Gasteiger partial charge in [-0.1, -0.05) is 12.8 Å². The molecule has 0 bridgehead atoms. The van der Waals surface area contributed by atoms with Gasteiger partial charge in [0.15, 0.2) is 11.5 Å². The first-order valence-corrected chi connectivity index (χ1v) is 8.92. The van der Waals surface area contributed by atoms with Crippen LogP contribution in [-0.4, -0.2) is 28.5 Å². The Morgan fingerprint density at radius 3 is 2.77 bits per heavy atom. The van der Waals surface area contributed by atoms with Crippen molar-refractivity contribution in [2.75, 3.05) is 6.79 Å². The van der Waals surface area contributed by atoms with E-state index in [0.29, 0.717) is 17.2 Å². The topological polar surface area (TPSA) is 82.5 Å². The molecule has 2 heterocycles. The average molecular weight is 355 g/mol. The maximum absolute atomic E-state index is 12.5. The number of hydrogen-bond acceptors (Lipinski definition) is 5. The highest BCUT2D eigenvalue weighted by atomic mass is 16.7. The number of hydrogen-bond donors (Lipinski definition) is 1. The largest absolute Gasteiger partial charge is 0.454 e. The minimum absolute atomic E-state index is 0.172. The molecule has 1 aliphatic heterocycles. The van der Waals surface area contributed by atoms with Crippen LogP contribution >= 0.6 is 0 Å². The molecule has 1 aromatic carbocycles. The summed E-state index contributed by atoms with van der Waals surface area (Å²) in [5, 5.41) is 7.43. The Hall–Kier alpha value is -2.83. The van der Waals surface area contributed by atoms with Crippen LogP contribution in [0.3, 0.4) is 0 Å². The van der Waals surface area contributed by atoms with Gasteiger partial charge >= 0.3 is 0 Å². The number of fused-ring (bicyclic) bond motifs is 1. The zero-order valence-corrected chi connectivity index (χ0v) is 14.6. The first kappa shape index (κ1) is 16.6. The van der Waals surface area contributed by atoms with E-state index in [0.717, 1.165) is 31.2 Å². The second-order valence-electron chi connectivity index (χ2n) is 6.74. The molecular weight excluding hydrogens is 334 g/mol. The molecule has 7 heteroatoms. The number of benzene rings is 1. The van der Waals surface area contributed by atoms with E-state index < -0.39 is 6.04 Å². The third kappa shape index (κ3) is 3.16. The molecule has 1 saturated carbocycles. The van der Waals surface area contributed by atoms with E-state index in [-0.39, 0.29) is 24.3 Å². The summed E-state index contributed by atoms with van der Waals surface area (Å²) in [6.07, 6.45) is 4.27. The maximum atomic E-state index is 12.5. The number of nitrogens with one attached hydrogen (secondary N) is 1. The Morgan fingerprint density at radius 2 is 1.96 bits per heavy atom. The van der Waals surface area contributed by atoms with E-state index in [2.05, 4.69) is 10.4 Å². The van der Waals surface area contributed by atoms with E-state index in [9.17, 15) is 9.59 Å². The van der Waals surface area contributed by atoms with E-state index in [1.807, 2.05) is 18.2 Å². The number of amides is 1. The van der Waals surface area contributed by atoms with Crippen molar-refractivity contribution in [3.63, 3.8) is 0 Å². The summed E-state index contributed by atoms with van der Waals surface area (Å²) in [5.41, 5.74) is 1.10. The van der Waals surface area contributed by atoms with E-state index in [4.69, 9.17) is 9.47 Å². The molecule has 1 fully saturated rings. The van der Waals surface area contributed by atoms with Crippen LogP contribution in [0.4, 0.5) is 0 Å². The van der Waals surface area contributed by atoms with Crippen molar-refractivity contribution in [1.82, 2.24) is 15.1 Å². The van der Waals surface area contributed by atoms with Gasteiger partial charge in [0, 0.05) is 17.7 Å². The zero-order valence-electron chi connectivity index (χ0n) is 14.6. The van der Waals surface area contributed by atoms with Crippen LogP contribution in [0.1, 0.15) is 38.6 Å². The van der Waals surface area contributed by atoms with Crippen molar-refractivity contribution in [1.29, 1.82) is 0 Å². The van der Waals surface area contributed by atoms with Crippen LogP contribution in [0, 0.1) is 0 Å².